The number of aryl methyl sites for hydroxylation is 2. The standard InChI is InChI=1S/C17H25N3S/c1-5-7-15-16(11-18-3)21-17(19-15)20(4)12-14-9-6-8-13(2)10-14/h6,8-10,18H,5,7,11-12H2,1-4H3. The van der Waals surface area contributed by atoms with Gasteiger partial charge in [-0.2, -0.15) is 0 Å². The summed E-state index contributed by atoms with van der Waals surface area (Å²) in [5.74, 6) is 0. The van der Waals surface area contributed by atoms with Crippen LogP contribution in [-0.4, -0.2) is 19.1 Å². The molecule has 0 fully saturated rings. The van der Waals surface area contributed by atoms with Crippen molar-refractivity contribution in [3.05, 3.63) is 46.0 Å². The van der Waals surface area contributed by atoms with Gasteiger partial charge in [-0.05, 0) is 26.0 Å². The Hall–Kier alpha value is -1.39. The molecule has 0 aliphatic rings. The van der Waals surface area contributed by atoms with Crippen molar-refractivity contribution >= 4 is 16.5 Å². The first-order valence-electron chi connectivity index (χ1n) is 7.54. The van der Waals surface area contributed by atoms with Crippen LogP contribution in [-0.2, 0) is 19.5 Å². The van der Waals surface area contributed by atoms with E-state index < -0.39 is 0 Å². The van der Waals surface area contributed by atoms with Crippen LogP contribution < -0.4 is 10.2 Å². The van der Waals surface area contributed by atoms with E-state index in [9.17, 15) is 0 Å². The highest BCUT2D eigenvalue weighted by atomic mass is 32.1. The molecule has 0 bridgehead atoms. The van der Waals surface area contributed by atoms with Crippen molar-refractivity contribution < 1.29 is 0 Å². The minimum atomic E-state index is 0.903. The van der Waals surface area contributed by atoms with E-state index in [0.717, 1.165) is 31.1 Å². The van der Waals surface area contributed by atoms with Crippen molar-refractivity contribution in [3.63, 3.8) is 0 Å². The SMILES string of the molecule is CCCc1nc(N(C)Cc2cccc(C)c2)sc1CNC. The van der Waals surface area contributed by atoms with E-state index in [-0.39, 0.29) is 0 Å². The largest absolute Gasteiger partial charge is 0.347 e. The van der Waals surface area contributed by atoms with Crippen molar-refractivity contribution in [1.82, 2.24) is 10.3 Å². The van der Waals surface area contributed by atoms with Crippen LogP contribution in [0.4, 0.5) is 5.13 Å². The molecule has 2 rings (SSSR count). The molecular formula is C17H25N3S. The maximum absolute atomic E-state index is 4.84. The lowest BCUT2D eigenvalue weighted by Gasteiger charge is -2.16. The van der Waals surface area contributed by atoms with Gasteiger partial charge in [-0.15, -0.1) is 11.3 Å². The summed E-state index contributed by atoms with van der Waals surface area (Å²) in [5.41, 5.74) is 3.89. The lowest BCUT2D eigenvalue weighted by molar-refractivity contribution is 0.796. The summed E-state index contributed by atoms with van der Waals surface area (Å²) >= 11 is 1.81. The minimum Gasteiger partial charge on any atom is -0.347 e. The van der Waals surface area contributed by atoms with E-state index in [4.69, 9.17) is 4.98 Å². The van der Waals surface area contributed by atoms with Crippen LogP contribution in [0.25, 0.3) is 0 Å². The lowest BCUT2D eigenvalue weighted by Crippen LogP contribution is -2.16. The van der Waals surface area contributed by atoms with Crippen LogP contribution in [0.3, 0.4) is 0 Å². The fourth-order valence-corrected chi connectivity index (χ4v) is 3.49. The number of anilines is 1. The van der Waals surface area contributed by atoms with Gasteiger partial charge in [-0.25, -0.2) is 4.98 Å². The van der Waals surface area contributed by atoms with Gasteiger partial charge in [0.05, 0.1) is 5.69 Å². The molecule has 0 saturated carbocycles. The Kier molecular flexibility index (Phi) is 5.76. The zero-order valence-electron chi connectivity index (χ0n) is 13.4. The van der Waals surface area contributed by atoms with Crippen LogP contribution >= 0.6 is 11.3 Å². The second-order valence-electron chi connectivity index (χ2n) is 5.49. The van der Waals surface area contributed by atoms with E-state index in [0.29, 0.717) is 0 Å². The molecule has 0 amide bonds. The van der Waals surface area contributed by atoms with Crippen molar-refractivity contribution in [2.45, 2.75) is 39.8 Å². The molecule has 2 aromatic rings. The number of aromatic nitrogens is 1. The molecule has 0 aliphatic carbocycles. The molecule has 1 aromatic carbocycles. The molecule has 0 unspecified atom stereocenters. The van der Waals surface area contributed by atoms with Gasteiger partial charge < -0.3 is 10.2 Å². The van der Waals surface area contributed by atoms with Crippen LogP contribution in [0.2, 0.25) is 0 Å². The molecule has 0 aliphatic heterocycles. The Morgan fingerprint density at radius 3 is 2.81 bits per heavy atom. The molecule has 3 nitrogen and oxygen atoms in total. The fourth-order valence-electron chi connectivity index (χ4n) is 2.42. The summed E-state index contributed by atoms with van der Waals surface area (Å²) in [6.07, 6.45) is 2.20. The third-order valence-corrected chi connectivity index (χ3v) is 4.63. The maximum atomic E-state index is 4.84. The first-order valence-corrected chi connectivity index (χ1v) is 8.35. The van der Waals surface area contributed by atoms with Crippen LogP contribution in [0.15, 0.2) is 24.3 Å². The molecule has 1 aromatic heterocycles. The second-order valence-corrected chi connectivity index (χ2v) is 6.55. The van der Waals surface area contributed by atoms with Gasteiger partial charge in [0.25, 0.3) is 0 Å². The Morgan fingerprint density at radius 1 is 1.33 bits per heavy atom. The Labute approximate surface area is 132 Å². The predicted molar refractivity (Wildman–Crippen MR) is 92.2 cm³/mol. The van der Waals surface area contributed by atoms with Crippen molar-refractivity contribution in [2.24, 2.45) is 0 Å². The summed E-state index contributed by atoms with van der Waals surface area (Å²) < 4.78 is 0. The molecule has 0 spiro atoms. The van der Waals surface area contributed by atoms with Crippen molar-refractivity contribution in [2.75, 3.05) is 19.0 Å². The number of thiazole rings is 1. The average Bonchev–Trinajstić information content (AvgIpc) is 2.83. The second kappa shape index (κ2) is 7.57. The first kappa shape index (κ1) is 16.0. The van der Waals surface area contributed by atoms with Gasteiger partial charge >= 0.3 is 0 Å². The molecule has 1 N–H and O–H groups in total. The van der Waals surface area contributed by atoms with Crippen LogP contribution in [0.1, 0.15) is 35.0 Å². The molecule has 0 saturated heterocycles. The van der Waals surface area contributed by atoms with Gasteiger partial charge in [0, 0.05) is 25.0 Å². The number of nitrogens with one attached hydrogen (secondary N) is 1. The molecule has 114 valence electrons. The zero-order chi connectivity index (χ0) is 15.2. The zero-order valence-corrected chi connectivity index (χ0v) is 14.3. The summed E-state index contributed by atoms with van der Waals surface area (Å²) in [7, 11) is 4.12. The first-order chi connectivity index (χ1) is 10.1. The smallest absolute Gasteiger partial charge is 0.185 e. The highest BCUT2D eigenvalue weighted by Crippen LogP contribution is 2.27. The van der Waals surface area contributed by atoms with Crippen LogP contribution in [0, 0.1) is 6.92 Å². The molecule has 0 atom stereocenters. The normalized spacial score (nSPS) is 10.9. The van der Waals surface area contributed by atoms with E-state index in [1.54, 1.807) is 0 Å². The lowest BCUT2D eigenvalue weighted by atomic mass is 10.1. The van der Waals surface area contributed by atoms with Gasteiger partial charge in [-0.1, -0.05) is 43.2 Å². The van der Waals surface area contributed by atoms with Crippen LogP contribution in [0.5, 0.6) is 0 Å². The van der Waals surface area contributed by atoms with Gasteiger partial charge in [-0.3, -0.25) is 0 Å². The Balaban J connectivity index is 2.14. The van der Waals surface area contributed by atoms with E-state index in [1.165, 1.54) is 21.7 Å². The van der Waals surface area contributed by atoms with Gasteiger partial charge in [0.1, 0.15) is 0 Å². The number of benzene rings is 1. The molecule has 4 heteroatoms. The summed E-state index contributed by atoms with van der Waals surface area (Å²) in [4.78, 5) is 8.46. The third-order valence-electron chi connectivity index (χ3n) is 3.42. The van der Waals surface area contributed by atoms with Gasteiger partial charge in [0.2, 0.25) is 0 Å². The fraction of sp³-hybridized carbons (Fsp3) is 0.471. The third kappa shape index (κ3) is 4.29. The average molecular weight is 303 g/mol. The number of rotatable bonds is 7. The minimum absolute atomic E-state index is 0.903. The Morgan fingerprint density at radius 2 is 2.14 bits per heavy atom. The number of hydrogen-bond donors (Lipinski definition) is 1. The quantitative estimate of drug-likeness (QED) is 0.844. The predicted octanol–water partition coefficient (Wildman–Crippen LogP) is 3.76. The summed E-state index contributed by atoms with van der Waals surface area (Å²) in [6, 6.07) is 8.68. The highest BCUT2D eigenvalue weighted by molar-refractivity contribution is 7.15. The highest BCUT2D eigenvalue weighted by Gasteiger charge is 2.13. The number of hydrogen-bond acceptors (Lipinski definition) is 4. The molecule has 1 heterocycles. The molecule has 21 heavy (non-hydrogen) atoms. The molecule has 0 radical (unpaired) electrons. The van der Waals surface area contributed by atoms with E-state index in [2.05, 4.69) is 55.4 Å². The van der Waals surface area contributed by atoms with E-state index in [1.807, 2.05) is 18.4 Å². The monoisotopic (exact) mass is 303 g/mol. The van der Waals surface area contributed by atoms with E-state index >= 15 is 0 Å². The topological polar surface area (TPSA) is 28.2 Å². The van der Waals surface area contributed by atoms with Gasteiger partial charge in [0.15, 0.2) is 5.13 Å². The van der Waals surface area contributed by atoms with Crippen molar-refractivity contribution in [3.8, 4) is 0 Å². The Bertz CT molecular complexity index is 554. The maximum Gasteiger partial charge on any atom is 0.185 e. The number of nitrogens with zero attached hydrogens (tertiary/aromatic N) is 2. The summed E-state index contributed by atoms with van der Waals surface area (Å²) in [6.45, 7) is 6.15. The van der Waals surface area contributed by atoms with Crippen molar-refractivity contribution in [1.29, 1.82) is 0 Å². The molecular weight excluding hydrogens is 278 g/mol. The summed E-state index contributed by atoms with van der Waals surface area (Å²) in [5, 5.41) is 4.36.